The van der Waals surface area contributed by atoms with Gasteiger partial charge in [-0.25, -0.2) is 0 Å². The first kappa shape index (κ1) is 12.1. The van der Waals surface area contributed by atoms with Crippen molar-refractivity contribution in [2.75, 3.05) is 5.88 Å². The second-order valence-corrected chi connectivity index (χ2v) is 3.76. The van der Waals surface area contributed by atoms with Crippen LogP contribution in [0.5, 0.6) is 0 Å². The van der Waals surface area contributed by atoms with Gasteiger partial charge in [0.1, 0.15) is 0 Å². The Labute approximate surface area is 95.6 Å². The number of nitrogens with one attached hydrogen (secondary N) is 1. The van der Waals surface area contributed by atoms with Crippen molar-refractivity contribution in [3.63, 3.8) is 0 Å². The van der Waals surface area contributed by atoms with Crippen LogP contribution in [0.2, 0.25) is 0 Å². The lowest BCUT2D eigenvalue weighted by atomic mass is 10.0. The highest BCUT2D eigenvalue weighted by molar-refractivity contribution is 6.18. The van der Waals surface area contributed by atoms with Crippen LogP contribution < -0.4 is 5.32 Å². The first-order chi connectivity index (χ1) is 7.27. The van der Waals surface area contributed by atoms with Crippen molar-refractivity contribution in [2.24, 2.45) is 0 Å². The van der Waals surface area contributed by atoms with E-state index in [-0.39, 0.29) is 11.9 Å². The van der Waals surface area contributed by atoms with Crippen molar-refractivity contribution in [1.29, 1.82) is 0 Å². The van der Waals surface area contributed by atoms with E-state index in [2.05, 4.69) is 12.2 Å². The Bertz CT molecular complexity index is 300. The van der Waals surface area contributed by atoms with Crippen molar-refractivity contribution >= 4 is 17.5 Å². The van der Waals surface area contributed by atoms with Crippen LogP contribution in [0.1, 0.15) is 31.4 Å². The van der Waals surface area contributed by atoms with Crippen molar-refractivity contribution < 1.29 is 4.79 Å². The van der Waals surface area contributed by atoms with E-state index in [1.165, 1.54) is 0 Å². The number of rotatable bonds is 5. The molecule has 0 fully saturated rings. The number of benzene rings is 1. The standard InChI is InChI=1S/C12H16ClNO/c1-2-11(14-12(15)8-9-13)10-6-4-3-5-7-10/h3-7,11H,2,8-9H2,1H3,(H,14,15). The van der Waals surface area contributed by atoms with Gasteiger partial charge in [0.25, 0.3) is 0 Å². The topological polar surface area (TPSA) is 29.1 Å². The van der Waals surface area contributed by atoms with Crippen LogP contribution in [-0.2, 0) is 4.79 Å². The molecule has 1 atom stereocenters. The smallest absolute Gasteiger partial charge is 0.221 e. The molecule has 3 heteroatoms. The Kier molecular flexibility index (Phi) is 5.19. The van der Waals surface area contributed by atoms with E-state index in [0.29, 0.717) is 12.3 Å². The molecule has 1 aromatic carbocycles. The van der Waals surface area contributed by atoms with Gasteiger partial charge in [-0.1, -0.05) is 37.3 Å². The SMILES string of the molecule is CCC(NC(=O)CCCl)c1ccccc1. The number of halogens is 1. The summed E-state index contributed by atoms with van der Waals surface area (Å²) < 4.78 is 0. The predicted octanol–water partition coefficient (Wildman–Crippen LogP) is 2.88. The Balaban J connectivity index is 2.61. The molecule has 1 amide bonds. The molecule has 0 aliphatic rings. The molecule has 0 radical (unpaired) electrons. The molecule has 82 valence electrons. The molecule has 15 heavy (non-hydrogen) atoms. The van der Waals surface area contributed by atoms with E-state index < -0.39 is 0 Å². The van der Waals surface area contributed by atoms with Gasteiger partial charge in [-0.05, 0) is 12.0 Å². The maximum absolute atomic E-state index is 11.4. The largest absolute Gasteiger partial charge is 0.349 e. The molecule has 1 unspecified atom stereocenters. The molecule has 0 saturated carbocycles. The molecule has 0 aliphatic heterocycles. The Hall–Kier alpha value is -1.02. The highest BCUT2D eigenvalue weighted by atomic mass is 35.5. The summed E-state index contributed by atoms with van der Waals surface area (Å²) in [6.07, 6.45) is 1.27. The van der Waals surface area contributed by atoms with Crippen molar-refractivity contribution in [1.82, 2.24) is 5.32 Å². The number of hydrogen-bond acceptors (Lipinski definition) is 1. The van der Waals surface area contributed by atoms with Crippen molar-refractivity contribution in [2.45, 2.75) is 25.8 Å². The molecule has 1 rings (SSSR count). The quantitative estimate of drug-likeness (QED) is 0.768. The Morgan fingerprint density at radius 3 is 2.60 bits per heavy atom. The zero-order chi connectivity index (χ0) is 11.1. The zero-order valence-corrected chi connectivity index (χ0v) is 9.63. The second kappa shape index (κ2) is 6.46. The van der Waals surface area contributed by atoms with Crippen LogP contribution in [0.3, 0.4) is 0 Å². The van der Waals surface area contributed by atoms with Crippen molar-refractivity contribution in [3.05, 3.63) is 35.9 Å². The molecule has 2 nitrogen and oxygen atoms in total. The number of hydrogen-bond donors (Lipinski definition) is 1. The van der Waals surface area contributed by atoms with Crippen molar-refractivity contribution in [3.8, 4) is 0 Å². The Morgan fingerprint density at radius 1 is 1.40 bits per heavy atom. The minimum Gasteiger partial charge on any atom is -0.349 e. The third-order valence-corrected chi connectivity index (χ3v) is 2.46. The Morgan fingerprint density at radius 2 is 2.07 bits per heavy atom. The second-order valence-electron chi connectivity index (χ2n) is 3.38. The maximum atomic E-state index is 11.4. The molecule has 0 heterocycles. The molecular formula is C12H16ClNO. The van der Waals surface area contributed by atoms with Crippen LogP contribution in [0.4, 0.5) is 0 Å². The van der Waals surface area contributed by atoms with E-state index >= 15 is 0 Å². The molecule has 0 aromatic heterocycles. The summed E-state index contributed by atoms with van der Waals surface area (Å²) in [7, 11) is 0. The molecular weight excluding hydrogens is 210 g/mol. The van der Waals surface area contributed by atoms with Gasteiger partial charge < -0.3 is 5.32 Å². The van der Waals surface area contributed by atoms with E-state index in [4.69, 9.17) is 11.6 Å². The minimum atomic E-state index is 0.0145. The fourth-order valence-corrected chi connectivity index (χ4v) is 1.63. The van der Waals surface area contributed by atoms with Crippen LogP contribution in [0, 0.1) is 0 Å². The van der Waals surface area contributed by atoms with Gasteiger partial charge in [-0.3, -0.25) is 4.79 Å². The fourth-order valence-electron chi connectivity index (χ4n) is 1.46. The average molecular weight is 226 g/mol. The first-order valence-corrected chi connectivity index (χ1v) is 5.71. The monoisotopic (exact) mass is 225 g/mol. The van der Waals surface area contributed by atoms with Gasteiger partial charge in [0.2, 0.25) is 5.91 Å². The number of carbonyl (C=O) groups is 1. The van der Waals surface area contributed by atoms with E-state index in [1.54, 1.807) is 0 Å². The summed E-state index contributed by atoms with van der Waals surface area (Å²) >= 11 is 5.51. The van der Waals surface area contributed by atoms with Gasteiger partial charge in [0.05, 0.1) is 6.04 Å². The van der Waals surface area contributed by atoms with Gasteiger partial charge >= 0.3 is 0 Å². The van der Waals surface area contributed by atoms with Crippen LogP contribution in [0.25, 0.3) is 0 Å². The van der Waals surface area contributed by atoms with Gasteiger partial charge in [0, 0.05) is 12.3 Å². The third-order valence-electron chi connectivity index (χ3n) is 2.27. The number of carbonyl (C=O) groups excluding carboxylic acids is 1. The van der Waals surface area contributed by atoms with E-state index in [0.717, 1.165) is 12.0 Å². The summed E-state index contributed by atoms with van der Waals surface area (Å²) in [5.74, 6) is 0.387. The van der Waals surface area contributed by atoms with Gasteiger partial charge in [-0.2, -0.15) is 0 Å². The highest BCUT2D eigenvalue weighted by Gasteiger charge is 2.11. The minimum absolute atomic E-state index is 0.0145. The van der Waals surface area contributed by atoms with Crippen LogP contribution in [0.15, 0.2) is 30.3 Å². The zero-order valence-electron chi connectivity index (χ0n) is 8.87. The predicted molar refractivity (Wildman–Crippen MR) is 63.0 cm³/mol. The molecule has 0 bridgehead atoms. The summed E-state index contributed by atoms with van der Waals surface area (Å²) in [6, 6.07) is 10.1. The molecule has 1 N–H and O–H groups in total. The summed E-state index contributed by atoms with van der Waals surface area (Å²) in [5.41, 5.74) is 1.14. The maximum Gasteiger partial charge on any atom is 0.221 e. The number of alkyl halides is 1. The summed E-state index contributed by atoms with van der Waals surface area (Å²) in [5, 5.41) is 2.96. The van der Waals surface area contributed by atoms with Crippen LogP contribution in [-0.4, -0.2) is 11.8 Å². The van der Waals surface area contributed by atoms with E-state index in [9.17, 15) is 4.79 Å². The van der Waals surface area contributed by atoms with Crippen LogP contribution >= 0.6 is 11.6 Å². The summed E-state index contributed by atoms with van der Waals surface area (Å²) in [6.45, 7) is 2.05. The molecule has 1 aromatic rings. The lowest BCUT2D eigenvalue weighted by Gasteiger charge is -2.16. The average Bonchev–Trinajstić information content (AvgIpc) is 2.27. The highest BCUT2D eigenvalue weighted by Crippen LogP contribution is 2.15. The molecule has 0 aliphatic carbocycles. The molecule has 0 spiro atoms. The lowest BCUT2D eigenvalue weighted by Crippen LogP contribution is -2.28. The van der Waals surface area contributed by atoms with Gasteiger partial charge in [0.15, 0.2) is 0 Å². The summed E-state index contributed by atoms with van der Waals surface area (Å²) in [4.78, 5) is 11.4. The van der Waals surface area contributed by atoms with E-state index in [1.807, 2.05) is 30.3 Å². The third kappa shape index (κ3) is 3.92. The fraction of sp³-hybridized carbons (Fsp3) is 0.417. The number of amides is 1. The first-order valence-electron chi connectivity index (χ1n) is 5.18. The van der Waals surface area contributed by atoms with Gasteiger partial charge in [-0.15, -0.1) is 11.6 Å². The molecule has 0 saturated heterocycles. The lowest BCUT2D eigenvalue weighted by molar-refractivity contribution is -0.121. The normalized spacial score (nSPS) is 12.1.